The molecular weight excluding hydrogens is 308 g/mol. The van der Waals surface area contributed by atoms with Crippen LogP contribution in [0, 0.1) is 5.92 Å². The minimum absolute atomic E-state index is 0.00655. The number of aromatic nitrogens is 3. The van der Waals surface area contributed by atoms with E-state index in [2.05, 4.69) is 41.2 Å². The first-order valence-corrected chi connectivity index (χ1v) is 8.70. The third-order valence-corrected chi connectivity index (χ3v) is 5.07. The summed E-state index contributed by atoms with van der Waals surface area (Å²) >= 11 is 0. The van der Waals surface area contributed by atoms with Crippen molar-refractivity contribution in [3.8, 4) is 0 Å². The van der Waals surface area contributed by atoms with Gasteiger partial charge in [0.2, 0.25) is 0 Å². The van der Waals surface area contributed by atoms with Gasteiger partial charge in [0, 0.05) is 38.8 Å². The Balaban J connectivity index is 1.58. The van der Waals surface area contributed by atoms with Crippen molar-refractivity contribution in [2.75, 3.05) is 32.8 Å². The monoisotopic (exact) mass is 336 g/mol. The van der Waals surface area contributed by atoms with Crippen LogP contribution in [-0.2, 0) is 11.8 Å². The molecule has 0 spiro atoms. The number of likely N-dealkylation sites (tertiary alicyclic amines) is 1. The van der Waals surface area contributed by atoms with E-state index < -0.39 is 0 Å². The zero-order valence-corrected chi connectivity index (χ0v) is 15.0. The van der Waals surface area contributed by atoms with Crippen LogP contribution in [-0.4, -0.2) is 75.5 Å². The number of ether oxygens (including phenoxy) is 1. The molecule has 0 radical (unpaired) electrons. The Bertz CT molecular complexity index is 575. The first kappa shape index (κ1) is 17.2. The number of nitrogens with one attached hydrogen (secondary N) is 1. The summed E-state index contributed by atoms with van der Waals surface area (Å²) in [5, 5.41) is 11.2. The lowest BCUT2D eigenvalue weighted by Gasteiger charge is -2.33. The largest absolute Gasteiger partial charge is 0.366 e. The number of urea groups is 1. The molecule has 1 aromatic heterocycles. The molecule has 2 fully saturated rings. The molecule has 24 heavy (non-hydrogen) atoms. The molecule has 0 bridgehead atoms. The standard InChI is InChI=1S/C16H28N6O2/c1-11(2)22-7-12(3)13(8-22)18-16(23)21-5-6-24-14(9-21)15-19-17-10-20(15)4/h10-14H,5-9H2,1-4H3,(H,18,23)/t12-,13+,14+/m1/s1. The fourth-order valence-electron chi connectivity index (χ4n) is 3.44. The van der Waals surface area contributed by atoms with E-state index in [0.29, 0.717) is 31.7 Å². The van der Waals surface area contributed by atoms with Crippen molar-refractivity contribution in [2.45, 2.75) is 39.0 Å². The van der Waals surface area contributed by atoms with Gasteiger partial charge in [0.05, 0.1) is 13.2 Å². The number of carbonyl (C=O) groups excluding carboxylic acids is 1. The molecule has 0 unspecified atom stereocenters. The van der Waals surface area contributed by atoms with Crippen molar-refractivity contribution < 1.29 is 9.53 Å². The van der Waals surface area contributed by atoms with E-state index in [1.165, 1.54) is 0 Å². The number of carbonyl (C=O) groups is 1. The molecule has 2 saturated heterocycles. The van der Waals surface area contributed by atoms with Crippen LogP contribution in [0.4, 0.5) is 4.79 Å². The van der Waals surface area contributed by atoms with Crippen LogP contribution >= 0.6 is 0 Å². The zero-order valence-electron chi connectivity index (χ0n) is 15.0. The highest BCUT2D eigenvalue weighted by atomic mass is 16.5. The van der Waals surface area contributed by atoms with Gasteiger partial charge in [0.1, 0.15) is 12.4 Å². The normalized spacial score (nSPS) is 28.5. The van der Waals surface area contributed by atoms with Crippen LogP contribution in [0.5, 0.6) is 0 Å². The Hall–Kier alpha value is -1.67. The van der Waals surface area contributed by atoms with Crippen molar-refractivity contribution in [3.63, 3.8) is 0 Å². The van der Waals surface area contributed by atoms with E-state index in [1.54, 1.807) is 6.33 Å². The van der Waals surface area contributed by atoms with Crippen LogP contribution in [0.3, 0.4) is 0 Å². The van der Waals surface area contributed by atoms with Crippen molar-refractivity contribution >= 4 is 6.03 Å². The molecule has 3 rings (SSSR count). The SMILES string of the molecule is CC(C)N1C[C@@H](C)[C@@H](NC(=O)N2CCO[C@H](c3nncn3C)C2)C1. The Morgan fingerprint density at radius 1 is 1.38 bits per heavy atom. The maximum Gasteiger partial charge on any atom is 0.317 e. The van der Waals surface area contributed by atoms with Crippen molar-refractivity contribution in [1.29, 1.82) is 0 Å². The number of amides is 2. The molecule has 1 aromatic rings. The first-order valence-electron chi connectivity index (χ1n) is 8.70. The molecule has 0 aromatic carbocycles. The maximum atomic E-state index is 12.7. The number of rotatable bonds is 3. The predicted molar refractivity (Wildman–Crippen MR) is 89.5 cm³/mol. The molecule has 3 atom stereocenters. The van der Waals surface area contributed by atoms with E-state index in [4.69, 9.17) is 4.74 Å². The molecule has 2 amide bonds. The minimum Gasteiger partial charge on any atom is -0.366 e. The van der Waals surface area contributed by atoms with Gasteiger partial charge in [-0.1, -0.05) is 6.92 Å². The van der Waals surface area contributed by atoms with Crippen LogP contribution in [0.1, 0.15) is 32.7 Å². The number of nitrogens with zero attached hydrogens (tertiary/aromatic N) is 5. The summed E-state index contributed by atoms with van der Waals surface area (Å²) in [5.74, 6) is 1.22. The number of morpholine rings is 1. The highest BCUT2D eigenvalue weighted by molar-refractivity contribution is 5.74. The molecule has 2 aliphatic rings. The van der Waals surface area contributed by atoms with Gasteiger partial charge in [-0.2, -0.15) is 0 Å². The smallest absolute Gasteiger partial charge is 0.317 e. The average molecular weight is 336 g/mol. The molecule has 2 aliphatic heterocycles. The van der Waals surface area contributed by atoms with Gasteiger partial charge in [-0.25, -0.2) is 4.79 Å². The second-order valence-electron chi connectivity index (χ2n) is 7.19. The van der Waals surface area contributed by atoms with Crippen molar-refractivity contribution in [1.82, 2.24) is 29.9 Å². The number of aryl methyl sites for hydroxylation is 1. The molecule has 8 nitrogen and oxygen atoms in total. The van der Waals surface area contributed by atoms with Gasteiger partial charge in [-0.15, -0.1) is 10.2 Å². The van der Waals surface area contributed by atoms with Gasteiger partial charge < -0.3 is 19.5 Å². The van der Waals surface area contributed by atoms with Crippen LogP contribution in [0.25, 0.3) is 0 Å². The molecule has 0 saturated carbocycles. The summed E-state index contributed by atoms with van der Waals surface area (Å²) in [6.07, 6.45) is 1.43. The Kier molecular flexibility index (Phi) is 5.05. The van der Waals surface area contributed by atoms with E-state index in [0.717, 1.165) is 18.9 Å². The lowest BCUT2D eigenvalue weighted by atomic mass is 10.1. The zero-order chi connectivity index (χ0) is 17.3. The third-order valence-electron chi connectivity index (χ3n) is 5.07. The summed E-state index contributed by atoms with van der Waals surface area (Å²) in [5.41, 5.74) is 0. The quantitative estimate of drug-likeness (QED) is 0.876. The number of hydrogen-bond donors (Lipinski definition) is 1. The summed E-state index contributed by atoms with van der Waals surface area (Å²) in [7, 11) is 1.89. The highest BCUT2D eigenvalue weighted by Gasteiger charge is 2.34. The summed E-state index contributed by atoms with van der Waals surface area (Å²) in [6, 6.07) is 0.710. The van der Waals surface area contributed by atoms with E-state index in [-0.39, 0.29) is 18.2 Å². The van der Waals surface area contributed by atoms with Crippen molar-refractivity contribution in [2.24, 2.45) is 13.0 Å². The Labute approximate surface area is 143 Å². The molecular formula is C16H28N6O2. The predicted octanol–water partition coefficient (Wildman–Crippen LogP) is 0.627. The fraction of sp³-hybridized carbons (Fsp3) is 0.812. The van der Waals surface area contributed by atoms with Crippen LogP contribution in [0.15, 0.2) is 6.33 Å². The summed E-state index contributed by atoms with van der Waals surface area (Å²) in [6.45, 7) is 10.2. The summed E-state index contributed by atoms with van der Waals surface area (Å²) in [4.78, 5) is 16.9. The molecule has 0 aliphatic carbocycles. The van der Waals surface area contributed by atoms with Gasteiger partial charge in [-0.3, -0.25) is 4.90 Å². The van der Waals surface area contributed by atoms with E-state index >= 15 is 0 Å². The highest BCUT2D eigenvalue weighted by Crippen LogP contribution is 2.22. The fourth-order valence-corrected chi connectivity index (χ4v) is 3.44. The summed E-state index contributed by atoms with van der Waals surface area (Å²) < 4.78 is 7.61. The lowest BCUT2D eigenvalue weighted by molar-refractivity contribution is -0.0218. The molecule has 8 heteroatoms. The average Bonchev–Trinajstić information content (AvgIpc) is 3.14. The van der Waals surface area contributed by atoms with Crippen LogP contribution in [0.2, 0.25) is 0 Å². The van der Waals surface area contributed by atoms with E-state index in [9.17, 15) is 4.79 Å². The second kappa shape index (κ2) is 7.06. The Morgan fingerprint density at radius 2 is 2.17 bits per heavy atom. The molecule has 1 N–H and O–H groups in total. The molecule has 134 valence electrons. The number of hydrogen-bond acceptors (Lipinski definition) is 5. The topological polar surface area (TPSA) is 75.5 Å². The first-order chi connectivity index (χ1) is 11.5. The lowest BCUT2D eigenvalue weighted by Crippen LogP contribution is -2.51. The minimum atomic E-state index is -0.217. The van der Waals surface area contributed by atoms with Gasteiger partial charge in [-0.05, 0) is 19.8 Å². The van der Waals surface area contributed by atoms with Gasteiger partial charge >= 0.3 is 6.03 Å². The van der Waals surface area contributed by atoms with Gasteiger partial charge in [0.15, 0.2) is 5.82 Å². The Morgan fingerprint density at radius 3 is 2.79 bits per heavy atom. The second-order valence-corrected chi connectivity index (χ2v) is 7.19. The maximum absolute atomic E-state index is 12.7. The van der Waals surface area contributed by atoms with E-state index in [1.807, 2.05) is 16.5 Å². The van der Waals surface area contributed by atoms with Crippen LogP contribution < -0.4 is 5.32 Å². The van der Waals surface area contributed by atoms with Gasteiger partial charge in [0.25, 0.3) is 0 Å². The third kappa shape index (κ3) is 3.54. The molecule has 3 heterocycles. The van der Waals surface area contributed by atoms with Crippen molar-refractivity contribution in [3.05, 3.63) is 12.2 Å².